The van der Waals surface area contributed by atoms with Gasteiger partial charge in [0.15, 0.2) is 0 Å². The molecule has 1 aromatic carbocycles. The average Bonchev–Trinajstić information content (AvgIpc) is 2.15. The molecule has 0 aliphatic heterocycles. The van der Waals surface area contributed by atoms with E-state index in [-0.39, 0.29) is 0 Å². The summed E-state index contributed by atoms with van der Waals surface area (Å²) in [6.45, 7) is 4.54. The zero-order valence-corrected chi connectivity index (χ0v) is 8.70. The summed E-state index contributed by atoms with van der Waals surface area (Å²) in [7, 11) is 0. The van der Waals surface area contributed by atoms with Crippen LogP contribution in [0.4, 0.5) is 0 Å². The first kappa shape index (κ1) is 10.5. The molecule has 0 unspecified atom stereocenters. The third-order valence-electron chi connectivity index (χ3n) is 1.79. The van der Waals surface area contributed by atoms with Crippen molar-refractivity contribution in [3.63, 3.8) is 0 Å². The Labute approximate surface area is 85.2 Å². The lowest BCUT2D eigenvalue weighted by Crippen LogP contribution is -1.96. The molecule has 0 aliphatic carbocycles. The highest BCUT2D eigenvalue weighted by Gasteiger charge is 1.89. The topological polar surface area (TPSA) is 38.4 Å². The predicted molar refractivity (Wildman–Crippen MR) is 61.2 cm³/mol. The highest BCUT2D eigenvalue weighted by atomic mass is 14.7. The van der Waals surface area contributed by atoms with Gasteiger partial charge in [-0.2, -0.15) is 0 Å². The van der Waals surface area contributed by atoms with Gasteiger partial charge >= 0.3 is 0 Å². The van der Waals surface area contributed by atoms with Crippen LogP contribution >= 0.6 is 0 Å². The van der Waals surface area contributed by atoms with Gasteiger partial charge in [0.2, 0.25) is 0 Å². The fourth-order valence-electron chi connectivity index (χ4n) is 1.17. The maximum absolute atomic E-state index is 5.54. The molecular formula is C12H16N2. The molecule has 0 aliphatic rings. The molecule has 0 spiro atoms. The van der Waals surface area contributed by atoms with Crippen molar-refractivity contribution in [1.29, 1.82) is 0 Å². The second-order valence-corrected chi connectivity index (χ2v) is 3.33. The van der Waals surface area contributed by atoms with Crippen LogP contribution in [0.1, 0.15) is 19.4 Å². The van der Waals surface area contributed by atoms with E-state index in [0.29, 0.717) is 0 Å². The maximum atomic E-state index is 5.54. The molecule has 1 aromatic rings. The molecule has 0 amide bonds. The molecule has 2 nitrogen and oxygen atoms in total. The van der Waals surface area contributed by atoms with E-state index in [9.17, 15) is 0 Å². The highest BCUT2D eigenvalue weighted by molar-refractivity contribution is 5.93. The lowest BCUT2D eigenvalue weighted by atomic mass is 10.2. The summed E-state index contributed by atoms with van der Waals surface area (Å²) in [6.07, 6.45) is 1.88. The van der Waals surface area contributed by atoms with Crippen molar-refractivity contribution in [2.24, 2.45) is 10.7 Å². The molecule has 0 aromatic heterocycles. The maximum Gasteiger partial charge on any atom is 0.0642 e. The number of hydrogen-bond donors (Lipinski definition) is 1. The van der Waals surface area contributed by atoms with Crippen LogP contribution in [0, 0.1) is 0 Å². The summed E-state index contributed by atoms with van der Waals surface area (Å²) in [5.74, 6) is 0. The van der Waals surface area contributed by atoms with Crippen molar-refractivity contribution in [2.45, 2.75) is 20.4 Å². The van der Waals surface area contributed by atoms with E-state index < -0.39 is 0 Å². The largest absolute Gasteiger partial charge is 0.402 e. The molecule has 0 saturated carbocycles. The number of aliphatic imine (C=N–C) groups is 1. The molecule has 0 saturated heterocycles. The number of benzene rings is 1. The van der Waals surface area contributed by atoms with Crippen LogP contribution in [0.15, 0.2) is 47.1 Å². The van der Waals surface area contributed by atoms with Crippen molar-refractivity contribution in [2.75, 3.05) is 0 Å². The Morgan fingerprint density at radius 2 is 1.93 bits per heavy atom. The minimum absolute atomic E-state index is 0.719. The summed E-state index contributed by atoms with van der Waals surface area (Å²) in [5, 5.41) is 0. The van der Waals surface area contributed by atoms with Gasteiger partial charge in [-0.1, -0.05) is 30.3 Å². The molecule has 0 atom stereocenters. The van der Waals surface area contributed by atoms with E-state index >= 15 is 0 Å². The quantitative estimate of drug-likeness (QED) is 0.727. The van der Waals surface area contributed by atoms with E-state index in [1.807, 2.05) is 38.1 Å². The van der Waals surface area contributed by atoms with Gasteiger partial charge in [-0.3, -0.25) is 4.99 Å². The number of nitrogens with two attached hydrogens (primary N) is 1. The van der Waals surface area contributed by atoms with Crippen LogP contribution in [0.2, 0.25) is 0 Å². The van der Waals surface area contributed by atoms with Crippen LogP contribution in [0.25, 0.3) is 0 Å². The minimum atomic E-state index is 0.719. The second-order valence-electron chi connectivity index (χ2n) is 3.33. The third-order valence-corrected chi connectivity index (χ3v) is 1.79. The first-order valence-electron chi connectivity index (χ1n) is 4.67. The van der Waals surface area contributed by atoms with E-state index in [2.05, 4.69) is 17.1 Å². The van der Waals surface area contributed by atoms with Crippen molar-refractivity contribution in [3.8, 4) is 0 Å². The predicted octanol–water partition coefficient (Wildman–Crippen LogP) is 2.51. The van der Waals surface area contributed by atoms with Crippen LogP contribution in [-0.2, 0) is 6.54 Å². The Balaban J connectivity index is 2.60. The normalized spacial score (nSPS) is 13.0. The Kier molecular flexibility index (Phi) is 3.92. The summed E-state index contributed by atoms with van der Waals surface area (Å²) < 4.78 is 0. The number of nitrogens with zero attached hydrogens (tertiary/aromatic N) is 1. The Hall–Kier alpha value is -1.57. The molecule has 2 N–H and O–H groups in total. The van der Waals surface area contributed by atoms with Crippen LogP contribution in [0.5, 0.6) is 0 Å². The smallest absolute Gasteiger partial charge is 0.0642 e. The van der Waals surface area contributed by atoms with Gasteiger partial charge in [-0.25, -0.2) is 0 Å². The lowest BCUT2D eigenvalue weighted by molar-refractivity contribution is 1.07. The van der Waals surface area contributed by atoms with Gasteiger partial charge in [-0.15, -0.1) is 0 Å². The van der Waals surface area contributed by atoms with Gasteiger partial charge < -0.3 is 5.73 Å². The Morgan fingerprint density at radius 1 is 1.29 bits per heavy atom. The summed E-state index contributed by atoms with van der Waals surface area (Å²) >= 11 is 0. The monoisotopic (exact) mass is 188 g/mol. The number of allylic oxidation sites excluding steroid dienone is 2. The Bertz CT molecular complexity index is 333. The molecule has 0 heterocycles. The van der Waals surface area contributed by atoms with Crippen LogP contribution < -0.4 is 5.73 Å². The van der Waals surface area contributed by atoms with E-state index in [1.54, 1.807) is 0 Å². The Morgan fingerprint density at radius 3 is 2.50 bits per heavy atom. The molecule has 2 heteroatoms. The van der Waals surface area contributed by atoms with Crippen LogP contribution in [-0.4, -0.2) is 5.71 Å². The van der Waals surface area contributed by atoms with Crippen molar-refractivity contribution < 1.29 is 0 Å². The SMILES string of the molecule is CC(N)=CC(C)=NCc1ccccc1. The van der Waals surface area contributed by atoms with E-state index in [4.69, 9.17) is 5.73 Å². The van der Waals surface area contributed by atoms with E-state index in [0.717, 1.165) is 18.0 Å². The lowest BCUT2D eigenvalue weighted by Gasteiger charge is -1.97. The van der Waals surface area contributed by atoms with Crippen LogP contribution in [0.3, 0.4) is 0 Å². The zero-order chi connectivity index (χ0) is 10.4. The molecule has 0 bridgehead atoms. The fraction of sp³-hybridized carbons (Fsp3) is 0.250. The minimum Gasteiger partial charge on any atom is -0.402 e. The van der Waals surface area contributed by atoms with Gasteiger partial charge in [0, 0.05) is 11.4 Å². The number of rotatable bonds is 3. The average molecular weight is 188 g/mol. The molecule has 14 heavy (non-hydrogen) atoms. The summed E-state index contributed by atoms with van der Waals surface area (Å²) in [6, 6.07) is 10.2. The van der Waals surface area contributed by atoms with Crippen molar-refractivity contribution in [1.82, 2.24) is 0 Å². The van der Waals surface area contributed by atoms with Gasteiger partial charge in [0.05, 0.1) is 6.54 Å². The van der Waals surface area contributed by atoms with Gasteiger partial charge in [0.25, 0.3) is 0 Å². The number of hydrogen-bond acceptors (Lipinski definition) is 2. The molecule has 0 radical (unpaired) electrons. The van der Waals surface area contributed by atoms with Crippen molar-refractivity contribution >= 4 is 5.71 Å². The van der Waals surface area contributed by atoms with E-state index in [1.165, 1.54) is 5.56 Å². The van der Waals surface area contributed by atoms with Gasteiger partial charge in [0.1, 0.15) is 0 Å². The third kappa shape index (κ3) is 3.90. The van der Waals surface area contributed by atoms with Gasteiger partial charge in [-0.05, 0) is 25.5 Å². The highest BCUT2D eigenvalue weighted by Crippen LogP contribution is 2.00. The molecular weight excluding hydrogens is 172 g/mol. The second kappa shape index (κ2) is 5.22. The summed E-state index contributed by atoms with van der Waals surface area (Å²) in [4.78, 5) is 4.39. The first-order chi connectivity index (χ1) is 6.68. The molecule has 0 fully saturated rings. The first-order valence-corrected chi connectivity index (χ1v) is 4.67. The summed E-state index contributed by atoms with van der Waals surface area (Å²) in [5.41, 5.74) is 8.52. The fourth-order valence-corrected chi connectivity index (χ4v) is 1.17. The molecule has 74 valence electrons. The molecule has 1 rings (SSSR count). The zero-order valence-electron chi connectivity index (χ0n) is 8.70. The standard InChI is InChI=1S/C12H16N2/c1-10(13)8-11(2)14-9-12-6-4-3-5-7-12/h3-8H,9,13H2,1-2H3. The van der Waals surface area contributed by atoms with Crippen molar-refractivity contribution in [3.05, 3.63) is 47.7 Å².